The van der Waals surface area contributed by atoms with Crippen molar-refractivity contribution in [2.75, 3.05) is 6.54 Å². The molecule has 1 atom stereocenters. The van der Waals surface area contributed by atoms with Crippen molar-refractivity contribution in [3.05, 3.63) is 0 Å². The van der Waals surface area contributed by atoms with Crippen LogP contribution in [0, 0.1) is 0 Å². The van der Waals surface area contributed by atoms with Gasteiger partial charge in [0.1, 0.15) is 0 Å². The minimum atomic E-state index is -3.42. The molecular weight excluding hydrogens is 204 g/mol. The number of rotatable bonds is 5. The standard InChI is InChI=1S/C8H18N2O3S/c1-7(11)6-9-14(12,13)10-8-4-2-3-5-8/h7-11H,2-6H2,1H3. The van der Waals surface area contributed by atoms with Crippen LogP contribution in [-0.4, -0.2) is 32.2 Å². The molecule has 0 saturated heterocycles. The van der Waals surface area contributed by atoms with Gasteiger partial charge in [0.25, 0.3) is 10.2 Å². The van der Waals surface area contributed by atoms with Crippen molar-refractivity contribution < 1.29 is 13.5 Å². The summed E-state index contributed by atoms with van der Waals surface area (Å²) in [5.74, 6) is 0. The molecule has 6 heteroatoms. The average molecular weight is 222 g/mol. The van der Waals surface area contributed by atoms with Gasteiger partial charge >= 0.3 is 0 Å². The predicted molar refractivity (Wildman–Crippen MR) is 54.0 cm³/mol. The topological polar surface area (TPSA) is 78.4 Å². The second-order valence-corrected chi connectivity index (χ2v) is 5.33. The number of aliphatic hydroxyl groups is 1. The summed E-state index contributed by atoms with van der Waals surface area (Å²) >= 11 is 0. The molecule has 0 aromatic rings. The van der Waals surface area contributed by atoms with E-state index in [4.69, 9.17) is 5.11 Å². The van der Waals surface area contributed by atoms with Crippen molar-refractivity contribution in [3.63, 3.8) is 0 Å². The smallest absolute Gasteiger partial charge is 0.277 e. The van der Waals surface area contributed by atoms with Crippen LogP contribution in [0.1, 0.15) is 32.6 Å². The van der Waals surface area contributed by atoms with Crippen molar-refractivity contribution >= 4 is 10.2 Å². The van der Waals surface area contributed by atoms with Gasteiger partial charge in [0.15, 0.2) is 0 Å². The third-order valence-electron chi connectivity index (χ3n) is 2.25. The van der Waals surface area contributed by atoms with Gasteiger partial charge in [-0.2, -0.15) is 17.9 Å². The molecule has 0 radical (unpaired) electrons. The van der Waals surface area contributed by atoms with Crippen molar-refractivity contribution in [2.24, 2.45) is 0 Å². The zero-order valence-corrected chi connectivity index (χ0v) is 9.18. The number of hydrogen-bond acceptors (Lipinski definition) is 3. The Kier molecular flexibility index (Phi) is 4.31. The van der Waals surface area contributed by atoms with Crippen molar-refractivity contribution in [3.8, 4) is 0 Å². The van der Waals surface area contributed by atoms with E-state index in [1.807, 2.05) is 0 Å². The minimum absolute atomic E-state index is 0.0576. The average Bonchev–Trinajstić information content (AvgIpc) is 2.53. The second-order valence-electron chi connectivity index (χ2n) is 3.80. The normalized spacial score (nSPS) is 21.3. The molecule has 1 rings (SSSR count). The molecule has 0 heterocycles. The lowest BCUT2D eigenvalue weighted by Crippen LogP contribution is -2.43. The van der Waals surface area contributed by atoms with Crippen molar-refractivity contribution in [1.82, 2.24) is 9.44 Å². The summed E-state index contributed by atoms with van der Waals surface area (Å²) in [5.41, 5.74) is 0. The molecule has 0 aromatic heterocycles. The molecule has 3 N–H and O–H groups in total. The SMILES string of the molecule is CC(O)CNS(=O)(=O)NC1CCCC1. The maximum absolute atomic E-state index is 11.4. The Morgan fingerprint density at radius 1 is 1.43 bits per heavy atom. The maximum atomic E-state index is 11.4. The van der Waals surface area contributed by atoms with E-state index in [-0.39, 0.29) is 12.6 Å². The summed E-state index contributed by atoms with van der Waals surface area (Å²) in [5, 5.41) is 8.92. The van der Waals surface area contributed by atoms with Gasteiger partial charge in [-0.15, -0.1) is 0 Å². The molecule has 5 nitrogen and oxygen atoms in total. The largest absolute Gasteiger partial charge is 0.392 e. The van der Waals surface area contributed by atoms with E-state index >= 15 is 0 Å². The zero-order chi connectivity index (χ0) is 10.6. The van der Waals surface area contributed by atoms with Crippen LogP contribution in [0.4, 0.5) is 0 Å². The van der Waals surface area contributed by atoms with E-state index in [1.165, 1.54) is 6.92 Å². The molecule has 14 heavy (non-hydrogen) atoms. The first-order valence-electron chi connectivity index (χ1n) is 4.94. The molecule has 0 aromatic carbocycles. The van der Waals surface area contributed by atoms with Crippen LogP contribution in [0.2, 0.25) is 0 Å². The van der Waals surface area contributed by atoms with Gasteiger partial charge in [0, 0.05) is 12.6 Å². The number of hydrogen-bond donors (Lipinski definition) is 3. The Balaban J connectivity index is 2.33. The highest BCUT2D eigenvalue weighted by molar-refractivity contribution is 7.87. The highest BCUT2D eigenvalue weighted by Gasteiger charge is 2.20. The van der Waals surface area contributed by atoms with Gasteiger partial charge in [0.05, 0.1) is 6.10 Å². The van der Waals surface area contributed by atoms with E-state index in [0.717, 1.165) is 25.7 Å². The minimum Gasteiger partial charge on any atom is -0.392 e. The monoisotopic (exact) mass is 222 g/mol. The summed E-state index contributed by atoms with van der Waals surface area (Å²) in [6.45, 7) is 1.60. The third kappa shape index (κ3) is 4.36. The van der Waals surface area contributed by atoms with Gasteiger partial charge in [-0.05, 0) is 19.8 Å². The lowest BCUT2D eigenvalue weighted by Gasteiger charge is -2.13. The third-order valence-corrected chi connectivity index (χ3v) is 3.44. The highest BCUT2D eigenvalue weighted by Crippen LogP contribution is 2.17. The second kappa shape index (κ2) is 5.06. The van der Waals surface area contributed by atoms with Gasteiger partial charge in [-0.1, -0.05) is 12.8 Å². The van der Waals surface area contributed by atoms with Gasteiger partial charge < -0.3 is 5.11 Å². The summed E-state index contributed by atoms with van der Waals surface area (Å²) in [7, 11) is -3.42. The number of nitrogens with one attached hydrogen (secondary N) is 2. The first kappa shape index (κ1) is 11.9. The molecule has 84 valence electrons. The van der Waals surface area contributed by atoms with Crippen LogP contribution >= 0.6 is 0 Å². The van der Waals surface area contributed by atoms with Crippen LogP contribution in [0.3, 0.4) is 0 Å². The molecule has 0 amide bonds. The van der Waals surface area contributed by atoms with E-state index in [9.17, 15) is 8.42 Å². The Bertz CT molecular complexity index is 258. The maximum Gasteiger partial charge on any atom is 0.277 e. The predicted octanol–water partition coefficient (Wildman–Crippen LogP) is -0.266. The molecule has 0 aliphatic heterocycles. The van der Waals surface area contributed by atoms with Gasteiger partial charge in [-0.3, -0.25) is 0 Å². The zero-order valence-electron chi connectivity index (χ0n) is 8.36. The Morgan fingerprint density at radius 3 is 2.50 bits per heavy atom. The highest BCUT2D eigenvalue weighted by atomic mass is 32.2. The Labute approximate surface area is 85.1 Å². The van der Waals surface area contributed by atoms with E-state index in [1.54, 1.807) is 0 Å². The lowest BCUT2D eigenvalue weighted by atomic mass is 10.3. The number of aliphatic hydroxyl groups excluding tert-OH is 1. The van der Waals surface area contributed by atoms with E-state index in [2.05, 4.69) is 9.44 Å². The lowest BCUT2D eigenvalue weighted by molar-refractivity contribution is 0.198. The first-order valence-corrected chi connectivity index (χ1v) is 6.43. The van der Waals surface area contributed by atoms with Crippen molar-refractivity contribution in [1.29, 1.82) is 0 Å². The summed E-state index contributed by atoms with van der Waals surface area (Å²) < 4.78 is 27.6. The molecule has 1 unspecified atom stereocenters. The molecule has 1 aliphatic carbocycles. The molecule has 1 saturated carbocycles. The molecule has 0 bridgehead atoms. The fourth-order valence-electron chi connectivity index (χ4n) is 1.54. The van der Waals surface area contributed by atoms with Crippen LogP contribution in [0.25, 0.3) is 0 Å². The van der Waals surface area contributed by atoms with E-state index < -0.39 is 16.3 Å². The quantitative estimate of drug-likeness (QED) is 0.599. The Morgan fingerprint density at radius 2 is 2.00 bits per heavy atom. The fraction of sp³-hybridized carbons (Fsp3) is 1.00. The van der Waals surface area contributed by atoms with Crippen LogP contribution in [0.5, 0.6) is 0 Å². The fourth-order valence-corrected chi connectivity index (χ4v) is 2.75. The van der Waals surface area contributed by atoms with E-state index in [0.29, 0.717) is 0 Å². The summed E-state index contributed by atoms with van der Waals surface area (Å²) in [6.07, 6.45) is 3.34. The molecule has 1 aliphatic rings. The van der Waals surface area contributed by atoms with Crippen LogP contribution < -0.4 is 9.44 Å². The molecule has 1 fully saturated rings. The van der Waals surface area contributed by atoms with Gasteiger partial charge in [-0.25, -0.2) is 0 Å². The molecular formula is C8H18N2O3S. The van der Waals surface area contributed by atoms with Crippen LogP contribution in [-0.2, 0) is 10.2 Å². The van der Waals surface area contributed by atoms with Crippen molar-refractivity contribution in [2.45, 2.75) is 44.8 Å². The van der Waals surface area contributed by atoms with Crippen LogP contribution in [0.15, 0.2) is 0 Å². The summed E-state index contributed by atoms with van der Waals surface area (Å²) in [4.78, 5) is 0. The molecule has 0 spiro atoms. The van der Waals surface area contributed by atoms with Gasteiger partial charge in [0.2, 0.25) is 0 Å². The summed E-state index contributed by atoms with van der Waals surface area (Å²) in [6, 6.07) is 0.0708. The first-order chi connectivity index (χ1) is 6.49. The Hall–Kier alpha value is -0.170.